The number of likely N-dealkylation sites (N-methyl/N-ethyl adjacent to an activating group) is 1. The molecule has 1 aliphatic rings. The molecule has 7 heteroatoms. The van der Waals surface area contributed by atoms with Gasteiger partial charge in [-0.3, -0.25) is 14.7 Å². The number of amides is 1. The second-order valence-electron chi connectivity index (χ2n) is 9.16. The average Bonchev–Trinajstić information content (AvgIpc) is 3.15. The fourth-order valence-corrected chi connectivity index (χ4v) is 4.25. The van der Waals surface area contributed by atoms with Crippen molar-refractivity contribution in [3.63, 3.8) is 0 Å². The van der Waals surface area contributed by atoms with Crippen LogP contribution in [0.3, 0.4) is 0 Å². The summed E-state index contributed by atoms with van der Waals surface area (Å²) in [6, 6.07) is 7.52. The van der Waals surface area contributed by atoms with E-state index in [2.05, 4.69) is 33.7 Å². The molecule has 0 spiro atoms. The molecule has 0 radical (unpaired) electrons. The summed E-state index contributed by atoms with van der Waals surface area (Å²) >= 11 is 6.06. The molecule has 1 amide bonds. The van der Waals surface area contributed by atoms with Crippen LogP contribution in [0.1, 0.15) is 76.5 Å². The third-order valence-corrected chi connectivity index (χ3v) is 6.44. The average molecular weight is 508 g/mol. The van der Waals surface area contributed by atoms with Gasteiger partial charge in [-0.25, -0.2) is 9.98 Å². The first-order valence-electron chi connectivity index (χ1n) is 13.1. The predicted molar refractivity (Wildman–Crippen MR) is 151 cm³/mol. The van der Waals surface area contributed by atoms with Crippen LogP contribution >= 0.6 is 11.6 Å². The van der Waals surface area contributed by atoms with Crippen LogP contribution in [0.15, 0.2) is 53.4 Å². The number of aliphatic imine (C=N–C) groups is 1. The molecule has 1 aromatic heterocycles. The van der Waals surface area contributed by atoms with Crippen LogP contribution < -0.4 is 4.90 Å². The van der Waals surface area contributed by atoms with Gasteiger partial charge in [0.2, 0.25) is 0 Å². The number of anilines is 1. The Morgan fingerprint density at radius 3 is 2.28 bits per heavy atom. The van der Waals surface area contributed by atoms with E-state index in [-0.39, 0.29) is 5.91 Å². The lowest BCUT2D eigenvalue weighted by atomic mass is 10.1. The zero-order valence-electron chi connectivity index (χ0n) is 21.8. The maximum atomic E-state index is 12.7. The minimum Gasteiger partial charge on any atom is -0.355 e. The molecule has 6 nitrogen and oxygen atoms in total. The molecule has 2 aromatic rings. The van der Waals surface area contributed by atoms with Crippen molar-refractivity contribution < 1.29 is 4.79 Å². The Labute approximate surface area is 220 Å². The van der Waals surface area contributed by atoms with Gasteiger partial charge in [0.25, 0.3) is 5.91 Å². The SMILES string of the molecule is CCCCCCN(CCCCCC)c1cnc(/C=C2N=C(/C=C/c3cccc(Cl)c3)N(C)C\2=O)cn1. The van der Waals surface area contributed by atoms with E-state index in [9.17, 15) is 4.79 Å². The zero-order valence-corrected chi connectivity index (χ0v) is 22.5. The molecule has 0 saturated carbocycles. The van der Waals surface area contributed by atoms with E-state index in [1.54, 1.807) is 19.3 Å². The summed E-state index contributed by atoms with van der Waals surface area (Å²) in [4.78, 5) is 30.4. The first-order valence-corrected chi connectivity index (χ1v) is 13.5. The third-order valence-electron chi connectivity index (χ3n) is 6.21. The maximum Gasteiger partial charge on any atom is 0.277 e. The van der Waals surface area contributed by atoms with Crippen LogP contribution in [0, 0.1) is 0 Å². The molecule has 0 atom stereocenters. The van der Waals surface area contributed by atoms with Gasteiger partial charge in [-0.2, -0.15) is 0 Å². The highest BCUT2D eigenvalue weighted by molar-refractivity contribution is 6.30. The van der Waals surface area contributed by atoms with Crippen LogP contribution in [0.2, 0.25) is 5.02 Å². The van der Waals surface area contributed by atoms with E-state index < -0.39 is 0 Å². The fraction of sp³-hybridized carbons (Fsp3) is 0.448. The first-order chi connectivity index (χ1) is 17.5. The van der Waals surface area contributed by atoms with Gasteiger partial charge in [-0.1, -0.05) is 82.2 Å². The molecular weight excluding hydrogens is 470 g/mol. The van der Waals surface area contributed by atoms with E-state index in [0.29, 0.717) is 22.2 Å². The number of hydrogen-bond donors (Lipinski definition) is 0. The summed E-state index contributed by atoms with van der Waals surface area (Å²) < 4.78 is 0. The highest BCUT2D eigenvalue weighted by Crippen LogP contribution is 2.19. The summed E-state index contributed by atoms with van der Waals surface area (Å²) in [5.41, 5.74) is 1.91. The quantitative estimate of drug-likeness (QED) is 0.203. The van der Waals surface area contributed by atoms with Crippen LogP contribution in [0.5, 0.6) is 0 Å². The molecule has 2 heterocycles. The van der Waals surface area contributed by atoms with Crippen molar-refractivity contribution in [3.05, 3.63) is 64.7 Å². The van der Waals surface area contributed by atoms with Crippen molar-refractivity contribution in [1.82, 2.24) is 14.9 Å². The summed E-state index contributed by atoms with van der Waals surface area (Å²) in [6.45, 7) is 6.46. The van der Waals surface area contributed by atoms with Crippen LogP contribution in [-0.4, -0.2) is 46.7 Å². The Morgan fingerprint density at radius 2 is 1.67 bits per heavy atom. The van der Waals surface area contributed by atoms with Gasteiger partial charge >= 0.3 is 0 Å². The molecule has 1 aliphatic heterocycles. The van der Waals surface area contributed by atoms with E-state index in [4.69, 9.17) is 11.6 Å². The van der Waals surface area contributed by atoms with E-state index in [1.165, 1.54) is 43.4 Å². The van der Waals surface area contributed by atoms with Crippen molar-refractivity contribution in [3.8, 4) is 0 Å². The zero-order chi connectivity index (χ0) is 25.8. The van der Waals surface area contributed by atoms with Crippen LogP contribution in [0.25, 0.3) is 12.2 Å². The second-order valence-corrected chi connectivity index (χ2v) is 9.60. The van der Waals surface area contributed by atoms with Gasteiger partial charge in [0.1, 0.15) is 17.4 Å². The van der Waals surface area contributed by atoms with Crippen molar-refractivity contribution in [1.29, 1.82) is 0 Å². The molecule has 0 aliphatic carbocycles. The lowest BCUT2D eigenvalue weighted by Crippen LogP contribution is -2.27. The molecular formula is C29H38ClN5O. The predicted octanol–water partition coefficient (Wildman–Crippen LogP) is 7.02. The van der Waals surface area contributed by atoms with Gasteiger partial charge < -0.3 is 4.90 Å². The van der Waals surface area contributed by atoms with Gasteiger partial charge in [-0.05, 0) is 42.7 Å². The molecule has 1 aromatic carbocycles. The lowest BCUT2D eigenvalue weighted by molar-refractivity contribution is -0.121. The molecule has 0 unspecified atom stereocenters. The molecule has 3 rings (SSSR count). The number of hydrogen-bond acceptors (Lipinski definition) is 5. The summed E-state index contributed by atoms with van der Waals surface area (Å²) in [6.07, 6.45) is 18.7. The number of rotatable bonds is 14. The molecule has 192 valence electrons. The van der Waals surface area contributed by atoms with Crippen LogP contribution in [-0.2, 0) is 4.79 Å². The first kappa shape index (κ1) is 27.6. The topological polar surface area (TPSA) is 61.7 Å². The summed E-state index contributed by atoms with van der Waals surface area (Å²) in [5, 5.41) is 0.665. The standard InChI is InChI=1S/C29H38ClN5O/c1-4-6-8-10-17-35(18-11-9-7-5-2)28-22-31-25(21-32-28)20-26-29(36)34(3)27(33-26)16-15-23-13-12-14-24(30)19-23/h12-16,19-22H,4-11,17-18H2,1-3H3/b16-15+,26-20-. The van der Waals surface area contributed by atoms with E-state index >= 15 is 0 Å². The van der Waals surface area contributed by atoms with Gasteiger partial charge in [0.05, 0.1) is 18.1 Å². The van der Waals surface area contributed by atoms with E-state index in [1.807, 2.05) is 42.6 Å². The molecule has 36 heavy (non-hydrogen) atoms. The van der Waals surface area contributed by atoms with Crippen molar-refractivity contribution >= 4 is 41.3 Å². The maximum absolute atomic E-state index is 12.7. The number of unbranched alkanes of at least 4 members (excludes halogenated alkanes) is 6. The Balaban J connectivity index is 1.70. The summed E-state index contributed by atoms with van der Waals surface area (Å²) in [7, 11) is 1.72. The van der Waals surface area contributed by atoms with Crippen LogP contribution in [0.4, 0.5) is 5.82 Å². The minimum atomic E-state index is -0.167. The number of benzene rings is 1. The lowest BCUT2D eigenvalue weighted by Gasteiger charge is -2.23. The monoisotopic (exact) mass is 507 g/mol. The number of nitrogens with zero attached hydrogens (tertiary/aromatic N) is 5. The number of aromatic nitrogens is 2. The van der Waals surface area contributed by atoms with Crippen molar-refractivity contribution in [2.75, 3.05) is 25.0 Å². The number of halogens is 1. The number of carbonyl (C=O) groups is 1. The largest absolute Gasteiger partial charge is 0.355 e. The van der Waals surface area contributed by atoms with Crippen molar-refractivity contribution in [2.45, 2.75) is 65.2 Å². The Bertz CT molecular complexity index is 1070. The summed E-state index contributed by atoms with van der Waals surface area (Å²) in [5.74, 6) is 1.30. The molecule has 0 fully saturated rings. The van der Waals surface area contributed by atoms with E-state index in [0.717, 1.165) is 37.3 Å². The Kier molecular flexibility index (Phi) is 11.1. The smallest absolute Gasteiger partial charge is 0.277 e. The second kappa shape index (κ2) is 14.5. The van der Waals surface area contributed by atoms with Gasteiger partial charge in [0.15, 0.2) is 0 Å². The highest BCUT2D eigenvalue weighted by atomic mass is 35.5. The van der Waals surface area contributed by atoms with Gasteiger partial charge in [-0.15, -0.1) is 0 Å². The number of carbonyl (C=O) groups excluding carboxylic acids is 1. The fourth-order valence-electron chi connectivity index (χ4n) is 4.06. The van der Waals surface area contributed by atoms with Crippen molar-refractivity contribution in [2.24, 2.45) is 4.99 Å². The number of amidine groups is 1. The Morgan fingerprint density at radius 1 is 0.944 bits per heavy atom. The normalized spacial score (nSPS) is 14.8. The molecule has 0 N–H and O–H groups in total. The molecule has 0 bridgehead atoms. The minimum absolute atomic E-state index is 0.167. The highest BCUT2D eigenvalue weighted by Gasteiger charge is 2.25. The molecule has 0 saturated heterocycles. The van der Waals surface area contributed by atoms with Gasteiger partial charge in [0, 0.05) is 25.2 Å². The third kappa shape index (κ3) is 8.30. The Hall–Kier alpha value is -2.99.